The molecule has 4 aromatic rings. The molecule has 2 aromatic heterocycles. The molecule has 2 aromatic carbocycles. The van der Waals surface area contributed by atoms with E-state index in [4.69, 9.17) is 49.0 Å². The van der Waals surface area contributed by atoms with Crippen LogP contribution in [0.25, 0.3) is 21.8 Å². The van der Waals surface area contributed by atoms with Gasteiger partial charge in [0.05, 0.1) is 37.7 Å². The van der Waals surface area contributed by atoms with E-state index in [1.54, 1.807) is 32.4 Å². The van der Waals surface area contributed by atoms with Crippen LogP contribution in [0.5, 0.6) is 17.4 Å². The third-order valence-corrected chi connectivity index (χ3v) is 4.49. The second kappa shape index (κ2) is 9.26. The average Bonchev–Trinajstić information content (AvgIpc) is 2.73. The third-order valence-electron chi connectivity index (χ3n) is 3.86. The van der Waals surface area contributed by atoms with Crippen molar-refractivity contribution in [3.63, 3.8) is 0 Å². The van der Waals surface area contributed by atoms with Gasteiger partial charge in [0.1, 0.15) is 16.7 Å². The molecule has 0 saturated heterocycles. The van der Waals surface area contributed by atoms with E-state index in [-0.39, 0.29) is 10.6 Å². The molecule has 7 nitrogen and oxygen atoms in total. The number of halogens is 3. The van der Waals surface area contributed by atoms with E-state index in [0.29, 0.717) is 22.3 Å². The minimum atomic E-state index is 0.146. The molecule has 0 aliphatic heterocycles. The van der Waals surface area contributed by atoms with Gasteiger partial charge in [0.25, 0.3) is 0 Å². The maximum Gasteiger partial charge on any atom is 0.226 e. The summed E-state index contributed by atoms with van der Waals surface area (Å²) in [6, 6.07) is 10.8. The Labute approximate surface area is 181 Å². The SMILES string of the molecule is COc1ccc2nc(Cl)nc(Cl)c2c1.COc1ccc2nc(Cl)nc(OC)c2c1. The van der Waals surface area contributed by atoms with Crippen LogP contribution < -0.4 is 14.2 Å². The first-order chi connectivity index (χ1) is 13.9. The molecule has 0 N–H and O–H groups in total. The van der Waals surface area contributed by atoms with Crippen molar-refractivity contribution in [3.8, 4) is 17.4 Å². The van der Waals surface area contributed by atoms with Gasteiger partial charge in [-0.1, -0.05) is 11.6 Å². The van der Waals surface area contributed by atoms with Gasteiger partial charge >= 0.3 is 0 Å². The fourth-order valence-electron chi connectivity index (χ4n) is 2.51. The van der Waals surface area contributed by atoms with Crippen molar-refractivity contribution in [3.05, 3.63) is 52.1 Å². The number of benzene rings is 2. The molecule has 0 saturated carbocycles. The number of fused-ring (bicyclic) bond motifs is 2. The maximum atomic E-state index is 5.90. The van der Waals surface area contributed by atoms with Crippen molar-refractivity contribution in [2.75, 3.05) is 21.3 Å². The molecule has 0 spiro atoms. The Hall–Kier alpha value is -2.61. The van der Waals surface area contributed by atoms with Crippen LogP contribution in [0.1, 0.15) is 0 Å². The van der Waals surface area contributed by atoms with E-state index >= 15 is 0 Å². The molecular formula is C19H15Cl3N4O3. The van der Waals surface area contributed by atoms with Gasteiger partial charge < -0.3 is 14.2 Å². The van der Waals surface area contributed by atoms with Gasteiger partial charge in [0.2, 0.25) is 16.4 Å². The smallest absolute Gasteiger partial charge is 0.226 e. The third kappa shape index (κ3) is 4.87. The first kappa shape index (κ1) is 21.1. The molecule has 0 atom stereocenters. The van der Waals surface area contributed by atoms with Gasteiger partial charge in [-0.2, -0.15) is 4.98 Å². The highest BCUT2D eigenvalue weighted by molar-refractivity contribution is 6.35. The molecule has 0 radical (unpaired) electrons. The van der Waals surface area contributed by atoms with Crippen LogP contribution >= 0.6 is 34.8 Å². The molecule has 150 valence electrons. The second-order valence-electron chi connectivity index (χ2n) is 5.55. The fourth-order valence-corrected chi connectivity index (χ4v) is 3.12. The number of rotatable bonds is 3. The largest absolute Gasteiger partial charge is 0.497 e. The predicted molar refractivity (Wildman–Crippen MR) is 114 cm³/mol. The van der Waals surface area contributed by atoms with Crippen molar-refractivity contribution in [2.45, 2.75) is 0 Å². The lowest BCUT2D eigenvalue weighted by Gasteiger charge is -2.06. The molecule has 0 fully saturated rings. The molecule has 0 aliphatic carbocycles. The lowest BCUT2D eigenvalue weighted by atomic mass is 10.2. The summed E-state index contributed by atoms with van der Waals surface area (Å²) >= 11 is 17.3. The summed E-state index contributed by atoms with van der Waals surface area (Å²) in [6.45, 7) is 0. The highest BCUT2D eigenvalue weighted by Crippen LogP contribution is 2.27. The zero-order valence-corrected chi connectivity index (χ0v) is 17.9. The van der Waals surface area contributed by atoms with Crippen molar-refractivity contribution in [1.82, 2.24) is 19.9 Å². The lowest BCUT2D eigenvalue weighted by Crippen LogP contribution is -1.93. The highest BCUT2D eigenvalue weighted by Gasteiger charge is 2.08. The number of nitrogens with zero attached hydrogens (tertiary/aromatic N) is 4. The number of hydrogen-bond donors (Lipinski definition) is 0. The average molecular weight is 454 g/mol. The van der Waals surface area contributed by atoms with Crippen LogP contribution in [-0.2, 0) is 0 Å². The van der Waals surface area contributed by atoms with Crippen molar-refractivity contribution < 1.29 is 14.2 Å². The molecule has 0 aliphatic rings. The van der Waals surface area contributed by atoms with E-state index in [9.17, 15) is 0 Å². The standard InChI is InChI=1S/C10H9ClN2O2.C9H6Cl2N2O/c1-14-6-3-4-8-7(5-6)9(15-2)13-10(11)12-8;1-14-5-2-3-7-6(4-5)8(10)13-9(11)12-7/h3-5H,1-2H3;2-4H,1H3. The van der Waals surface area contributed by atoms with Crippen molar-refractivity contribution in [1.29, 1.82) is 0 Å². The minimum Gasteiger partial charge on any atom is -0.497 e. The molecule has 0 unspecified atom stereocenters. The van der Waals surface area contributed by atoms with Crippen LogP contribution in [0.3, 0.4) is 0 Å². The zero-order chi connectivity index (χ0) is 21.0. The number of ether oxygens (including phenoxy) is 3. The van der Waals surface area contributed by atoms with Gasteiger partial charge in [0, 0.05) is 5.39 Å². The van der Waals surface area contributed by atoms with Crippen LogP contribution in [0.2, 0.25) is 15.7 Å². The molecule has 29 heavy (non-hydrogen) atoms. The lowest BCUT2D eigenvalue weighted by molar-refractivity contribution is 0.401. The topological polar surface area (TPSA) is 79.3 Å². The van der Waals surface area contributed by atoms with E-state index in [1.807, 2.05) is 18.2 Å². The number of hydrogen-bond acceptors (Lipinski definition) is 7. The Kier molecular flexibility index (Phi) is 6.74. The van der Waals surface area contributed by atoms with E-state index in [1.165, 1.54) is 7.11 Å². The highest BCUT2D eigenvalue weighted by atomic mass is 35.5. The molecule has 4 rings (SSSR count). The van der Waals surface area contributed by atoms with Crippen LogP contribution in [0, 0.1) is 0 Å². The van der Waals surface area contributed by atoms with Gasteiger partial charge in [-0.15, -0.1) is 0 Å². The first-order valence-corrected chi connectivity index (χ1v) is 9.30. The van der Waals surface area contributed by atoms with E-state index in [0.717, 1.165) is 22.0 Å². The summed E-state index contributed by atoms with van der Waals surface area (Å²) in [6.07, 6.45) is 0. The summed E-state index contributed by atoms with van der Waals surface area (Å²) in [4.78, 5) is 15.9. The zero-order valence-electron chi connectivity index (χ0n) is 15.6. The fraction of sp³-hybridized carbons (Fsp3) is 0.158. The maximum absolute atomic E-state index is 5.90. The van der Waals surface area contributed by atoms with Crippen LogP contribution in [-0.4, -0.2) is 41.3 Å². The monoisotopic (exact) mass is 452 g/mol. The minimum absolute atomic E-state index is 0.146. The number of methoxy groups -OCH3 is 3. The van der Waals surface area contributed by atoms with Crippen molar-refractivity contribution >= 4 is 56.6 Å². The summed E-state index contributed by atoms with van der Waals surface area (Å²) < 4.78 is 15.3. The van der Waals surface area contributed by atoms with E-state index in [2.05, 4.69) is 19.9 Å². The van der Waals surface area contributed by atoms with E-state index < -0.39 is 0 Å². The van der Waals surface area contributed by atoms with Gasteiger partial charge in [-0.25, -0.2) is 15.0 Å². The number of aromatic nitrogens is 4. The summed E-state index contributed by atoms with van der Waals surface area (Å²) in [5.74, 6) is 1.89. The summed E-state index contributed by atoms with van der Waals surface area (Å²) in [5.41, 5.74) is 1.43. The second-order valence-corrected chi connectivity index (χ2v) is 6.59. The molecular weight excluding hydrogens is 439 g/mol. The Morgan fingerprint density at radius 3 is 1.69 bits per heavy atom. The first-order valence-electron chi connectivity index (χ1n) is 8.17. The molecule has 0 bridgehead atoms. The van der Waals surface area contributed by atoms with Gasteiger partial charge in [-0.05, 0) is 59.6 Å². The normalized spacial score (nSPS) is 10.4. The molecule has 2 heterocycles. The Balaban J connectivity index is 0.000000166. The summed E-state index contributed by atoms with van der Waals surface area (Å²) in [5, 5.41) is 2.16. The summed E-state index contributed by atoms with van der Waals surface area (Å²) in [7, 11) is 4.73. The quantitative estimate of drug-likeness (QED) is 0.310. The van der Waals surface area contributed by atoms with Crippen LogP contribution in [0.4, 0.5) is 0 Å². The predicted octanol–water partition coefficient (Wildman–Crippen LogP) is 5.25. The van der Waals surface area contributed by atoms with Gasteiger partial charge in [-0.3, -0.25) is 0 Å². The molecule has 10 heteroatoms. The Morgan fingerprint density at radius 2 is 1.14 bits per heavy atom. The van der Waals surface area contributed by atoms with Crippen molar-refractivity contribution in [2.24, 2.45) is 0 Å². The van der Waals surface area contributed by atoms with Crippen LogP contribution in [0.15, 0.2) is 36.4 Å². The Bertz CT molecular complexity index is 1170. The van der Waals surface area contributed by atoms with Gasteiger partial charge in [0.15, 0.2) is 0 Å². The Morgan fingerprint density at radius 1 is 0.621 bits per heavy atom. The molecule has 0 amide bonds.